The summed E-state index contributed by atoms with van der Waals surface area (Å²) in [4.78, 5) is 22.5. The van der Waals surface area contributed by atoms with Crippen LogP contribution in [0.1, 0.15) is 12.0 Å². The Balaban J connectivity index is 2.15. The number of ketones is 1. The van der Waals surface area contributed by atoms with Gasteiger partial charge in [0.1, 0.15) is 12.4 Å². The summed E-state index contributed by atoms with van der Waals surface area (Å²) in [6, 6.07) is 9.31. The molecule has 0 saturated carbocycles. The molecule has 0 spiro atoms. The van der Waals surface area contributed by atoms with Crippen molar-refractivity contribution in [2.45, 2.75) is 13.0 Å². The largest absolute Gasteiger partial charge is 0.445 e. The van der Waals surface area contributed by atoms with Gasteiger partial charge in [-0.1, -0.05) is 30.3 Å². The quantitative estimate of drug-likeness (QED) is 0.817. The Labute approximate surface area is 114 Å². The lowest BCUT2D eigenvalue weighted by atomic mass is 10.2. The Morgan fingerprint density at radius 1 is 1.26 bits per heavy atom. The van der Waals surface area contributed by atoms with Gasteiger partial charge in [-0.3, -0.25) is 9.00 Å². The monoisotopic (exact) mass is 283 g/mol. The predicted octanol–water partition coefficient (Wildman–Crippen LogP) is 1.25. The average Bonchev–Trinajstić information content (AvgIpc) is 2.36. The molecule has 0 saturated heterocycles. The molecule has 0 heterocycles. The second-order valence-corrected chi connectivity index (χ2v) is 5.43. The Kier molecular flexibility index (Phi) is 6.81. The van der Waals surface area contributed by atoms with Gasteiger partial charge in [-0.25, -0.2) is 4.79 Å². The van der Waals surface area contributed by atoms with E-state index >= 15 is 0 Å². The van der Waals surface area contributed by atoms with Crippen LogP contribution in [0.5, 0.6) is 0 Å². The zero-order chi connectivity index (χ0) is 14.1. The van der Waals surface area contributed by atoms with Crippen molar-refractivity contribution < 1.29 is 18.5 Å². The molecule has 1 rings (SSSR count). The zero-order valence-corrected chi connectivity index (χ0v) is 11.6. The lowest BCUT2D eigenvalue weighted by Crippen LogP contribution is -2.27. The van der Waals surface area contributed by atoms with Crippen molar-refractivity contribution in [3.05, 3.63) is 35.9 Å². The maximum atomic E-state index is 11.3. The molecule has 1 aromatic carbocycles. The molecule has 19 heavy (non-hydrogen) atoms. The van der Waals surface area contributed by atoms with Crippen LogP contribution in [0.2, 0.25) is 0 Å². The number of hydrogen-bond donors (Lipinski definition) is 1. The van der Waals surface area contributed by atoms with E-state index in [4.69, 9.17) is 4.74 Å². The number of rotatable bonds is 7. The fourth-order valence-corrected chi connectivity index (χ4v) is 1.97. The van der Waals surface area contributed by atoms with Crippen molar-refractivity contribution >= 4 is 22.7 Å². The van der Waals surface area contributed by atoms with E-state index in [1.54, 1.807) is 0 Å². The number of carbonyl (C=O) groups is 2. The number of amides is 1. The normalized spacial score (nSPS) is 11.6. The SMILES string of the molecule is CS(=O)CC(=O)CCNC(=O)OCc1ccccc1. The summed E-state index contributed by atoms with van der Waals surface area (Å²) in [6.45, 7) is 0.392. The molecule has 1 aromatic rings. The smallest absolute Gasteiger partial charge is 0.407 e. The standard InChI is InChI=1S/C13H17NO4S/c1-19(17)10-12(15)7-8-14-13(16)18-9-11-5-3-2-4-6-11/h2-6H,7-10H2,1H3,(H,14,16). The van der Waals surface area contributed by atoms with Crippen molar-refractivity contribution in [3.8, 4) is 0 Å². The van der Waals surface area contributed by atoms with Gasteiger partial charge in [-0.15, -0.1) is 0 Å². The Morgan fingerprint density at radius 3 is 2.58 bits per heavy atom. The summed E-state index contributed by atoms with van der Waals surface area (Å²) in [5.74, 6) is -0.106. The number of carbonyl (C=O) groups excluding carboxylic acids is 2. The Morgan fingerprint density at radius 2 is 1.95 bits per heavy atom. The first-order valence-corrected chi connectivity index (χ1v) is 7.57. The van der Waals surface area contributed by atoms with Crippen molar-refractivity contribution in [1.29, 1.82) is 0 Å². The van der Waals surface area contributed by atoms with Gasteiger partial charge < -0.3 is 10.1 Å². The number of hydrogen-bond acceptors (Lipinski definition) is 4. The number of benzene rings is 1. The van der Waals surface area contributed by atoms with Crippen molar-refractivity contribution in [3.63, 3.8) is 0 Å². The summed E-state index contributed by atoms with van der Waals surface area (Å²) in [6.07, 6.45) is 1.08. The molecule has 1 amide bonds. The van der Waals surface area contributed by atoms with Crippen LogP contribution in [0.3, 0.4) is 0 Å². The molecule has 1 atom stereocenters. The molecule has 1 N–H and O–H groups in total. The van der Waals surface area contributed by atoms with Gasteiger partial charge in [0.25, 0.3) is 0 Å². The summed E-state index contributed by atoms with van der Waals surface area (Å²) in [7, 11) is -1.13. The second kappa shape index (κ2) is 8.42. The molecule has 5 nitrogen and oxygen atoms in total. The minimum absolute atomic E-state index is 0.0285. The van der Waals surface area contributed by atoms with E-state index in [1.165, 1.54) is 6.26 Å². The summed E-state index contributed by atoms with van der Waals surface area (Å²) < 4.78 is 15.8. The Hall–Kier alpha value is -1.69. The van der Waals surface area contributed by atoms with E-state index in [9.17, 15) is 13.8 Å². The van der Waals surface area contributed by atoms with Crippen LogP contribution in [0, 0.1) is 0 Å². The van der Waals surface area contributed by atoms with E-state index in [0.29, 0.717) is 0 Å². The zero-order valence-electron chi connectivity index (χ0n) is 10.8. The van der Waals surface area contributed by atoms with E-state index in [2.05, 4.69) is 5.32 Å². The average molecular weight is 283 g/mol. The topological polar surface area (TPSA) is 72.5 Å². The first kappa shape index (κ1) is 15.4. The molecule has 0 aliphatic carbocycles. The fraction of sp³-hybridized carbons (Fsp3) is 0.385. The molecule has 1 unspecified atom stereocenters. The third kappa shape index (κ3) is 7.35. The second-order valence-electron chi connectivity index (χ2n) is 3.99. The minimum atomic E-state index is -1.13. The van der Waals surface area contributed by atoms with Crippen molar-refractivity contribution in [1.82, 2.24) is 5.32 Å². The van der Waals surface area contributed by atoms with Gasteiger partial charge in [0.05, 0.1) is 5.75 Å². The van der Waals surface area contributed by atoms with Crippen LogP contribution in [-0.2, 0) is 26.9 Å². The fourth-order valence-electron chi connectivity index (χ4n) is 1.38. The molecule has 0 radical (unpaired) electrons. The van der Waals surface area contributed by atoms with Crippen molar-refractivity contribution in [2.24, 2.45) is 0 Å². The highest BCUT2D eigenvalue weighted by atomic mass is 32.2. The van der Waals surface area contributed by atoms with Gasteiger partial charge in [0.2, 0.25) is 0 Å². The summed E-state index contributed by atoms with van der Waals surface area (Å²) in [5, 5.41) is 2.48. The Bertz CT molecular complexity index is 447. The number of nitrogens with one attached hydrogen (secondary N) is 1. The number of ether oxygens (including phenoxy) is 1. The third-order valence-corrected chi connectivity index (χ3v) is 2.98. The van der Waals surface area contributed by atoms with E-state index in [-0.39, 0.29) is 31.1 Å². The highest BCUT2D eigenvalue weighted by molar-refractivity contribution is 7.85. The van der Waals surface area contributed by atoms with E-state index < -0.39 is 16.9 Å². The molecule has 0 aliphatic rings. The number of Topliss-reactive ketones (excluding diaryl/α,β-unsaturated/α-hetero) is 1. The lowest BCUT2D eigenvalue weighted by molar-refractivity contribution is -0.116. The first-order chi connectivity index (χ1) is 9.08. The minimum Gasteiger partial charge on any atom is -0.445 e. The molecule has 104 valence electrons. The van der Waals surface area contributed by atoms with Crippen LogP contribution in [0.4, 0.5) is 4.79 Å². The molecule has 6 heteroatoms. The molecule has 0 fully saturated rings. The number of alkyl carbamates (subject to hydrolysis) is 1. The highest BCUT2D eigenvalue weighted by Crippen LogP contribution is 2.00. The summed E-state index contributed by atoms with van der Waals surface area (Å²) >= 11 is 0. The van der Waals surface area contributed by atoms with Gasteiger partial charge in [-0.05, 0) is 5.56 Å². The van der Waals surface area contributed by atoms with Crippen LogP contribution in [0.25, 0.3) is 0 Å². The molecule has 0 aromatic heterocycles. The third-order valence-electron chi connectivity index (χ3n) is 2.25. The molecule has 0 bridgehead atoms. The maximum Gasteiger partial charge on any atom is 0.407 e. The van der Waals surface area contributed by atoms with E-state index in [0.717, 1.165) is 5.56 Å². The van der Waals surface area contributed by atoms with Gasteiger partial charge >= 0.3 is 6.09 Å². The van der Waals surface area contributed by atoms with Crippen LogP contribution in [-0.4, -0.2) is 34.6 Å². The predicted molar refractivity (Wildman–Crippen MR) is 73.2 cm³/mol. The summed E-state index contributed by atoms with van der Waals surface area (Å²) in [5.41, 5.74) is 0.898. The van der Waals surface area contributed by atoms with Gasteiger partial charge in [-0.2, -0.15) is 0 Å². The van der Waals surface area contributed by atoms with Crippen LogP contribution >= 0.6 is 0 Å². The highest BCUT2D eigenvalue weighted by Gasteiger charge is 2.06. The van der Waals surface area contributed by atoms with Crippen molar-refractivity contribution in [2.75, 3.05) is 18.6 Å². The molecular formula is C13H17NO4S. The van der Waals surface area contributed by atoms with Crippen LogP contribution in [0.15, 0.2) is 30.3 Å². The molecule has 0 aliphatic heterocycles. The first-order valence-electron chi connectivity index (χ1n) is 5.84. The maximum absolute atomic E-state index is 11.3. The molecular weight excluding hydrogens is 266 g/mol. The van der Waals surface area contributed by atoms with Gasteiger partial charge in [0, 0.05) is 30.0 Å². The van der Waals surface area contributed by atoms with Gasteiger partial charge in [0.15, 0.2) is 0 Å². The van der Waals surface area contributed by atoms with Crippen LogP contribution < -0.4 is 5.32 Å². The lowest BCUT2D eigenvalue weighted by Gasteiger charge is -2.06. The van der Waals surface area contributed by atoms with E-state index in [1.807, 2.05) is 30.3 Å².